The van der Waals surface area contributed by atoms with Crippen molar-refractivity contribution in [2.24, 2.45) is 0 Å². The summed E-state index contributed by atoms with van der Waals surface area (Å²) in [4.78, 5) is 14.6. The van der Waals surface area contributed by atoms with Crippen LogP contribution in [0.15, 0.2) is 29.2 Å². The molecule has 1 amide bonds. The molecule has 110 valence electrons. The van der Waals surface area contributed by atoms with E-state index >= 15 is 0 Å². The first-order chi connectivity index (χ1) is 9.36. The van der Waals surface area contributed by atoms with Crippen LogP contribution in [0.5, 0.6) is 0 Å². The zero-order valence-electron chi connectivity index (χ0n) is 11.8. The molecule has 1 aliphatic heterocycles. The average molecular weight is 296 g/mol. The van der Waals surface area contributed by atoms with Crippen LogP contribution in [0.1, 0.15) is 23.2 Å². The molecule has 0 spiro atoms. The fourth-order valence-corrected chi connectivity index (χ4v) is 2.96. The molecule has 6 heteroatoms. The van der Waals surface area contributed by atoms with Gasteiger partial charge in [0.15, 0.2) is 9.84 Å². The lowest BCUT2D eigenvalue weighted by Gasteiger charge is -2.29. The highest BCUT2D eigenvalue weighted by Crippen LogP contribution is 2.13. The van der Waals surface area contributed by atoms with Crippen molar-refractivity contribution in [3.05, 3.63) is 29.8 Å². The fraction of sp³-hybridized carbons (Fsp3) is 0.500. The van der Waals surface area contributed by atoms with Gasteiger partial charge in [-0.05, 0) is 51.2 Å². The Kier molecular flexibility index (Phi) is 4.45. The molecule has 0 radical (unpaired) electrons. The minimum absolute atomic E-state index is 0.167. The van der Waals surface area contributed by atoms with Gasteiger partial charge in [0.05, 0.1) is 4.90 Å². The number of nitrogens with one attached hydrogen (secondary N) is 1. The number of hydrogen-bond donors (Lipinski definition) is 1. The van der Waals surface area contributed by atoms with Crippen molar-refractivity contribution < 1.29 is 13.2 Å². The molecule has 0 aliphatic carbocycles. The Morgan fingerprint density at radius 2 is 1.95 bits per heavy atom. The van der Waals surface area contributed by atoms with Crippen molar-refractivity contribution in [3.63, 3.8) is 0 Å². The second kappa shape index (κ2) is 5.93. The highest BCUT2D eigenvalue weighted by Gasteiger charge is 2.19. The lowest BCUT2D eigenvalue weighted by atomic mass is 10.0. The van der Waals surface area contributed by atoms with E-state index in [0.29, 0.717) is 5.56 Å². The van der Waals surface area contributed by atoms with Crippen molar-refractivity contribution in [2.75, 3.05) is 26.4 Å². The number of amides is 1. The number of rotatable bonds is 3. The maximum atomic E-state index is 12.2. The number of sulfone groups is 1. The van der Waals surface area contributed by atoms with Crippen LogP contribution in [0.2, 0.25) is 0 Å². The minimum Gasteiger partial charge on any atom is -0.349 e. The second-order valence-corrected chi connectivity index (χ2v) is 7.37. The van der Waals surface area contributed by atoms with Crippen molar-refractivity contribution in [3.8, 4) is 0 Å². The van der Waals surface area contributed by atoms with Crippen molar-refractivity contribution in [2.45, 2.75) is 23.8 Å². The van der Waals surface area contributed by atoms with Crippen LogP contribution in [0.3, 0.4) is 0 Å². The first-order valence-electron chi connectivity index (χ1n) is 6.66. The van der Waals surface area contributed by atoms with Gasteiger partial charge in [0.25, 0.3) is 5.91 Å². The number of hydrogen-bond acceptors (Lipinski definition) is 4. The van der Waals surface area contributed by atoms with E-state index in [-0.39, 0.29) is 16.8 Å². The van der Waals surface area contributed by atoms with E-state index in [1.165, 1.54) is 12.1 Å². The third-order valence-corrected chi connectivity index (χ3v) is 4.69. The summed E-state index contributed by atoms with van der Waals surface area (Å²) in [6.07, 6.45) is 2.99. The summed E-state index contributed by atoms with van der Waals surface area (Å²) < 4.78 is 23.0. The molecule has 1 heterocycles. The van der Waals surface area contributed by atoms with Gasteiger partial charge in [-0.3, -0.25) is 4.79 Å². The molecule has 0 saturated carbocycles. The summed E-state index contributed by atoms with van der Waals surface area (Å²) in [7, 11) is -1.22. The fourth-order valence-electron chi connectivity index (χ4n) is 2.29. The molecule has 0 aromatic heterocycles. The van der Waals surface area contributed by atoms with Gasteiger partial charge in [-0.25, -0.2) is 8.42 Å². The van der Waals surface area contributed by atoms with Gasteiger partial charge in [0, 0.05) is 17.9 Å². The Morgan fingerprint density at radius 3 is 2.55 bits per heavy atom. The standard InChI is InChI=1S/C14H20N2O3S/c1-16-8-6-12(7-9-16)15-14(17)11-4-3-5-13(10-11)20(2,18)19/h3-5,10,12H,6-9H2,1-2H3,(H,15,17). The Labute approximate surface area is 119 Å². The van der Waals surface area contributed by atoms with Crippen LogP contribution in [-0.2, 0) is 9.84 Å². The number of carbonyl (C=O) groups is 1. The zero-order chi connectivity index (χ0) is 14.8. The van der Waals surface area contributed by atoms with E-state index in [9.17, 15) is 13.2 Å². The molecular formula is C14H20N2O3S. The highest BCUT2D eigenvalue weighted by atomic mass is 32.2. The maximum Gasteiger partial charge on any atom is 0.251 e. The van der Waals surface area contributed by atoms with Gasteiger partial charge in [0.1, 0.15) is 0 Å². The van der Waals surface area contributed by atoms with E-state index in [1.54, 1.807) is 12.1 Å². The molecule has 1 aromatic rings. The van der Waals surface area contributed by atoms with Gasteiger partial charge < -0.3 is 10.2 Å². The first-order valence-corrected chi connectivity index (χ1v) is 8.55. The van der Waals surface area contributed by atoms with E-state index in [4.69, 9.17) is 0 Å². The number of nitrogens with zero attached hydrogens (tertiary/aromatic N) is 1. The molecule has 1 aliphatic rings. The molecular weight excluding hydrogens is 276 g/mol. The lowest BCUT2D eigenvalue weighted by molar-refractivity contribution is 0.0916. The average Bonchev–Trinajstić information content (AvgIpc) is 2.40. The van der Waals surface area contributed by atoms with Gasteiger partial charge in [-0.2, -0.15) is 0 Å². The molecule has 0 unspecified atom stereocenters. The molecule has 20 heavy (non-hydrogen) atoms. The number of carbonyl (C=O) groups excluding carboxylic acids is 1. The van der Waals surface area contributed by atoms with Crippen molar-refractivity contribution >= 4 is 15.7 Å². The van der Waals surface area contributed by atoms with Crippen LogP contribution in [0.25, 0.3) is 0 Å². The number of likely N-dealkylation sites (tertiary alicyclic amines) is 1. The molecule has 2 rings (SSSR count). The minimum atomic E-state index is -3.29. The summed E-state index contributed by atoms with van der Waals surface area (Å²) >= 11 is 0. The molecule has 0 bridgehead atoms. The van der Waals surface area contributed by atoms with E-state index in [0.717, 1.165) is 32.2 Å². The van der Waals surface area contributed by atoms with E-state index in [1.807, 2.05) is 0 Å². The Bertz CT molecular complexity index is 590. The summed E-state index contributed by atoms with van der Waals surface area (Å²) in [5, 5.41) is 2.97. The van der Waals surface area contributed by atoms with Gasteiger partial charge in [-0.1, -0.05) is 6.07 Å². The molecule has 1 fully saturated rings. The molecule has 0 atom stereocenters. The molecule has 5 nitrogen and oxygen atoms in total. The topological polar surface area (TPSA) is 66.5 Å². The van der Waals surface area contributed by atoms with Crippen LogP contribution in [-0.4, -0.2) is 51.7 Å². The van der Waals surface area contributed by atoms with E-state index in [2.05, 4.69) is 17.3 Å². The quantitative estimate of drug-likeness (QED) is 0.900. The molecule has 1 saturated heterocycles. The smallest absolute Gasteiger partial charge is 0.251 e. The highest BCUT2D eigenvalue weighted by molar-refractivity contribution is 7.90. The largest absolute Gasteiger partial charge is 0.349 e. The normalized spacial score (nSPS) is 17.9. The third-order valence-electron chi connectivity index (χ3n) is 3.58. The summed E-state index contributed by atoms with van der Waals surface area (Å²) in [6, 6.07) is 6.33. The van der Waals surface area contributed by atoms with Gasteiger partial charge in [0.2, 0.25) is 0 Å². The van der Waals surface area contributed by atoms with Gasteiger partial charge in [-0.15, -0.1) is 0 Å². The lowest BCUT2D eigenvalue weighted by Crippen LogP contribution is -2.43. The zero-order valence-corrected chi connectivity index (χ0v) is 12.6. The monoisotopic (exact) mass is 296 g/mol. The predicted octanol–water partition coefficient (Wildman–Crippen LogP) is 0.914. The van der Waals surface area contributed by atoms with E-state index < -0.39 is 9.84 Å². The maximum absolute atomic E-state index is 12.2. The SMILES string of the molecule is CN1CCC(NC(=O)c2cccc(S(C)(=O)=O)c2)CC1. The van der Waals surface area contributed by atoms with Crippen LogP contribution in [0, 0.1) is 0 Å². The Balaban J connectivity index is 2.06. The predicted molar refractivity (Wildman–Crippen MR) is 77.5 cm³/mol. The molecule has 1 aromatic carbocycles. The van der Waals surface area contributed by atoms with Crippen LogP contribution >= 0.6 is 0 Å². The Morgan fingerprint density at radius 1 is 1.30 bits per heavy atom. The third kappa shape index (κ3) is 3.80. The van der Waals surface area contributed by atoms with Crippen LogP contribution < -0.4 is 5.32 Å². The summed E-state index contributed by atoms with van der Waals surface area (Å²) in [5.74, 6) is -0.204. The molecule has 1 N–H and O–H groups in total. The number of piperidine rings is 1. The van der Waals surface area contributed by atoms with Crippen molar-refractivity contribution in [1.82, 2.24) is 10.2 Å². The number of benzene rings is 1. The Hall–Kier alpha value is -1.40. The first kappa shape index (κ1) is 15.0. The summed E-state index contributed by atoms with van der Waals surface area (Å²) in [5.41, 5.74) is 0.395. The van der Waals surface area contributed by atoms with Crippen LogP contribution in [0.4, 0.5) is 0 Å². The second-order valence-electron chi connectivity index (χ2n) is 5.35. The van der Waals surface area contributed by atoms with Gasteiger partial charge >= 0.3 is 0 Å². The summed E-state index contributed by atoms with van der Waals surface area (Å²) in [6.45, 7) is 1.93. The van der Waals surface area contributed by atoms with Crippen molar-refractivity contribution in [1.29, 1.82) is 0 Å².